The van der Waals surface area contributed by atoms with Gasteiger partial charge in [0.2, 0.25) is 0 Å². The number of amides is 1. The molecule has 18 heavy (non-hydrogen) atoms. The fourth-order valence-electron chi connectivity index (χ4n) is 2.33. The van der Waals surface area contributed by atoms with Gasteiger partial charge in [-0.15, -0.1) is 0 Å². The van der Waals surface area contributed by atoms with Gasteiger partial charge in [0.15, 0.2) is 0 Å². The highest BCUT2D eigenvalue weighted by Gasteiger charge is 2.25. The molecule has 0 aromatic heterocycles. The maximum atomic E-state index is 11.1. The summed E-state index contributed by atoms with van der Waals surface area (Å²) in [6, 6.07) is 11.8. The Hall–Kier alpha value is -2.23. The lowest BCUT2D eigenvalue weighted by Gasteiger charge is -2.13. The molecule has 3 rings (SSSR count). The first-order valence-corrected chi connectivity index (χ1v) is 5.78. The van der Waals surface area contributed by atoms with Crippen LogP contribution in [0.3, 0.4) is 0 Å². The smallest absolute Gasteiger partial charge is 0.407 e. The van der Waals surface area contributed by atoms with E-state index in [0.717, 1.165) is 22.1 Å². The monoisotopic (exact) mass is 243 g/mol. The minimum atomic E-state index is -0.361. The lowest BCUT2D eigenvalue weighted by atomic mass is 9.99. The second kappa shape index (κ2) is 4.22. The Bertz CT molecular complexity index is 609. The summed E-state index contributed by atoms with van der Waals surface area (Å²) in [5.41, 5.74) is 1.05. The minimum Gasteiger partial charge on any atom is -0.496 e. The van der Waals surface area contributed by atoms with Crippen LogP contribution in [0.25, 0.3) is 10.8 Å². The van der Waals surface area contributed by atoms with E-state index < -0.39 is 0 Å². The first kappa shape index (κ1) is 10.9. The number of cyclic esters (lactones) is 1. The summed E-state index contributed by atoms with van der Waals surface area (Å²) in [6.07, 6.45) is -0.361. The van der Waals surface area contributed by atoms with Crippen molar-refractivity contribution in [3.05, 3.63) is 42.0 Å². The van der Waals surface area contributed by atoms with E-state index in [1.807, 2.05) is 36.4 Å². The van der Waals surface area contributed by atoms with Crippen LogP contribution in [0.2, 0.25) is 0 Å². The van der Waals surface area contributed by atoms with Crippen molar-refractivity contribution in [3.8, 4) is 5.75 Å². The van der Waals surface area contributed by atoms with E-state index in [9.17, 15) is 4.79 Å². The highest BCUT2D eigenvalue weighted by atomic mass is 16.6. The Labute approximate surface area is 105 Å². The van der Waals surface area contributed by atoms with Crippen molar-refractivity contribution in [2.45, 2.75) is 6.04 Å². The summed E-state index contributed by atoms with van der Waals surface area (Å²) in [6.45, 7) is 0.370. The summed E-state index contributed by atoms with van der Waals surface area (Å²) in [5, 5.41) is 4.91. The number of hydrogen-bond acceptors (Lipinski definition) is 3. The number of nitrogens with one attached hydrogen (secondary N) is 1. The molecule has 0 radical (unpaired) electrons. The number of carbonyl (C=O) groups excluding carboxylic acids is 1. The van der Waals surface area contributed by atoms with Gasteiger partial charge in [0.05, 0.1) is 13.2 Å². The second-order valence-corrected chi connectivity index (χ2v) is 4.20. The predicted octanol–water partition coefficient (Wildman–Crippen LogP) is 2.63. The van der Waals surface area contributed by atoms with Gasteiger partial charge >= 0.3 is 6.09 Å². The number of alkyl carbamates (subject to hydrolysis) is 1. The molecule has 1 aliphatic rings. The number of rotatable bonds is 2. The third-order valence-corrected chi connectivity index (χ3v) is 3.19. The third kappa shape index (κ3) is 1.66. The van der Waals surface area contributed by atoms with Gasteiger partial charge in [0.1, 0.15) is 12.4 Å². The molecule has 1 heterocycles. The van der Waals surface area contributed by atoms with Gasteiger partial charge in [-0.05, 0) is 17.0 Å². The van der Waals surface area contributed by atoms with Crippen LogP contribution < -0.4 is 10.1 Å². The molecular weight excluding hydrogens is 230 g/mol. The maximum absolute atomic E-state index is 11.1. The Kier molecular flexibility index (Phi) is 2.55. The van der Waals surface area contributed by atoms with Gasteiger partial charge in [-0.2, -0.15) is 0 Å². The summed E-state index contributed by atoms with van der Waals surface area (Å²) in [4.78, 5) is 11.1. The molecule has 1 N–H and O–H groups in total. The van der Waals surface area contributed by atoms with Gasteiger partial charge in [-0.1, -0.05) is 30.3 Å². The van der Waals surface area contributed by atoms with Crippen LogP contribution in [0.15, 0.2) is 36.4 Å². The molecule has 1 atom stereocenters. The Morgan fingerprint density at radius 3 is 2.67 bits per heavy atom. The summed E-state index contributed by atoms with van der Waals surface area (Å²) < 4.78 is 10.3. The second-order valence-electron chi connectivity index (χ2n) is 4.20. The molecule has 92 valence electrons. The molecule has 4 heteroatoms. The van der Waals surface area contributed by atoms with Crippen LogP contribution in [-0.2, 0) is 4.74 Å². The van der Waals surface area contributed by atoms with Crippen LogP contribution in [0, 0.1) is 0 Å². The van der Waals surface area contributed by atoms with E-state index in [0.29, 0.717) is 6.61 Å². The number of ether oxygens (including phenoxy) is 2. The van der Waals surface area contributed by atoms with Crippen molar-refractivity contribution in [2.75, 3.05) is 13.7 Å². The molecule has 1 amide bonds. The Balaban J connectivity index is 2.16. The first-order chi connectivity index (χ1) is 8.79. The van der Waals surface area contributed by atoms with Crippen LogP contribution in [0.4, 0.5) is 4.79 Å². The topological polar surface area (TPSA) is 47.6 Å². The molecule has 0 bridgehead atoms. The molecule has 2 aromatic rings. The SMILES string of the molecule is COc1ccc([C@H]2COC(=O)N2)c2ccccc12. The van der Waals surface area contributed by atoms with Gasteiger partial charge in [-0.25, -0.2) is 4.79 Å². The van der Waals surface area contributed by atoms with Gasteiger partial charge in [0.25, 0.3) is 0 Å². The molecule has 4 nitrogen and oxygen atoms in total. The van der Waals surface area contributed by atoms with Gasteiger partial charge in [-0.3, -0.25) is 0 Å². The van der Waals surface area contributed by atoms with Crippen LogP contribution in [-0.4, -0.2) is 19.8 Å². The highest BCUT2D eigenvalue weighted by molar-refractivity contribution is 5.92. The fourth-order valence-corrected chi connectivity index (χ4v) is 2.33. The van der Waals surface area contributed by atoms with Crippen molar-refractivity contribution < 1.29 is 14.3 Å². The van der Waals surface area contributed by atoms with E-state index in [2.05, 4.69) is 5.32 Å². The Morgan fingerprint density at radius 2 is 2.00 bits per heavy atom. The van der Waals surface area contributed by atoms with E-state index in [1.54, 1.807) is 7.11 Å². The van der Waals surface area contributed by atoms with E-state index >= 15 is 0 Å². The summed E-state index contributed by atoms with van der Waals surface area (Å²) in [7, 11) is 1.65. The molecule has 1 aliphatic heterocycles. The molecule has 2 aromatic carbocycles. The van der Waals surface area contributed by atoms with E-state index in [4.69, 9.17) is 9.47 Å². The molecular formula is C14H13NO3. The predicted molar refractivity (Wildman–Crippen MR) is 67.7 cm³/mol. The quantitative estimate of drug-likeness (QED) is 0.882. The lowest BCUT2D eigenvalue weighted by Crippen LogP contribution is -2.18. The van der Waals surface area contributed by atoms with Crippen molar-refractivity contribution in [1.29, 1.82) is 0 Å². The highest BCUT2D eigenvalue weighted by Crippen LogP contribution is 2.32. The third-order valence-electron chi connectivity index (χ3n) is 3.19. The molecule has 0 unspecified atom stereocenters. The average Bonchev–Trinajstić information content (AvgIpc) is 2.84. The lowest BCUT2D eigenvalue weighted by molar-refractivity contribution is 0.177. The molecule has 1 fully saturated rings. The van der Waals surface area contributed by atoms with Crippen molar-refractivity contribution in [2.24, 2.45) is 0 Å². The average molecular weight is 243 g/mol. The zero-order valence-electron chi connectivity index (χ0n) is 9.97. The molecule has 0 spiro atoms. The van der Waals surface area contributed by atoms with Crippen molar-refractivity contribution in [3.63, 3.8) is 0 Å². The Morgan fingerprint density at radius 1 is 1.22 bits per heavy atom. The number of hydrogen-bond donors (Lipinski definition) is 1. The first-order valence-electron chi connectivity index (χ1n) is 5.78. The molecule has 0 saturated carbocycles. The zero-order chi connectivity index (χ0) is 12.5. The maximum Gasteiger partial charge on any atom is 0.407 e. The number of fused-ring (bicyclic) bond motifs is 1. The number of methoxy groups -OCH3 is 1. The van der Waals surface area contributed by atoms with Crippen molar-refractivity contribution >= 4 is 16.9 Å². The minimum absolute atomic E-state index is 0.0895. The summed E-state index contributed by atoms with van der Waals surface area (Å²) in [5.74, 6) is 0.833. The molecule has 0 aliphatic carbocycles. The van der Waals surface area contributed by atoms with Crippen LogP contribution in [0.1, 0.15) is 11.6 Å². The van der Waals surface area contributed by atoms with Crippen LogP contribution >= 0.6 is 0 Å². The van der Waals surface area contributed by atoms with Gasteiger partial charge < -0.3 is 14.8 Å². The normalized spacial score (nSPS) is 18.5. The largest absolute Gasteiger partial charge is 0.496 e. The van der Waals surface area contributed by atoms with Crippen molar-refractivity contribution in [1.82, 2.24) is 5.32 Å². The number of carbonyl (C=O) groups is 1. The standard InChI is InChI=1S/C14H13NO3/c1-17-13-7-6-10(12-8-18-14(16)15-12)9-4-2-3-5-11(9)13/h2-7,12H,8H2,1H3,(H,15,16)/t12-/m1/s1. The zero-order valence-corrected chi connectivity index (χ0v) is 9.97. The van der Waals surface area contributed by atoms with E-state index in [-0.39, 0.29) is 12.1 Å². The molecule has 1 saturated heterocycles. The van der Waals surface area contributed by atoms with Gasteiger partial charge in [0, 0.05) is 5.39 Å². The number of benzene rings is 2. The fraction of sp³-hybridized carbons (Fsp3) is 0.214. The van der Waals surface area contributed by atoms with Crippen LogP contribution in [0.5, 0.6) is 5.75 Å². The summed E-state index contributed by atoms with van der Waals surface area (Å²) >= 11 is 0. The van der Waals surface area contributed by atoms with E-state index in [1.165, 1.54) is 0 Å².